The Balaban J connectivity index is 0.941. The molecule has 10 aliphatic heterocycles. The summed E-state index contributed by atoms with van der Waals surface area (Å²) in [4.78, 5) is 36.5. The molecule has 31 heavy (non-hydrogen) atoms. The summed E-state index contributed by atoms with van der Waals surface area (Å²) >= 11 is 0. The number of Topliss-reactive ketones (excluding diaryl/α,β-unsaturated/α-hetero) is 2. The number of hydrogen-bond acceptors (Lipinski definition) is 2. The molecule has 0 saturated carbocycles. The van der Waals surface area contributed by atoms with Gasteiger partial charge >= 0.3 is 179 Å². The molecule has 4 unspecified atom stereocenters. The van der Waals surface area contributed by atoms with Crippen molar-refractivity contribution in [2.45, 2.75) is 151 Å². The number of ketones is 2. The summed E-state index contributed by atoms with van der Waals surface area (Å²) in [7, 11) is 0. The summed E-state index contributed by atoms with van der Waals surface area (Å²) in [5.74, 6) is 1.42. The van der Waals surface area contributed by atoms with Gasteiger partial charge in [-0.1, -0.05) is 0 Å². The Labute approximate surface area is 178 Å². The van der Waals surface area contributed by atoms with Crippen molar-refractivity contribution >= 4 is 11.6 Å². The second-order valence-electron chi connectivity index (χ2n) is 15.6. The zero-order valence-electron chi connectivity index (χ0n) is 19.7. The predicted molar refractivity (Wildman–Crippen MR) is 121 cm³/mol. The van der Waals surface area contributed by atoms with Gasteiger partial charge in [-0.2, -0.15) is 0 Å². The predicted octanol–water partition coefficient (Wildman–Crippen LogP) is 8.76. The maximum atomic E-state index is 14.1. The third kappa shape index (κ3) is 0.357. The number of carbonyl (C=O) groups excluding carboxylic acids is 2. The van der Waals surface area contributed by atoms with Crippen LogP contribution in [0.2, 0.25) is 47.2 Å². The first-order chi connectivity index (χ1) is 14.9. The molecule has 0 aromatic rings. The van der Waals surface area contributed by atoms with Crippen molar-refractivity contribution in [2.24, 2.45) is 0 Å². The molecule has 0 aliphatic carbocycles. The minimum atomic E-state index is -3.86. The third-order valence-electron chi connectivity index (χ3n) is 19.2. The normalized spacial score (nSPS) is 73.0. The van der Waals surface area contributed by atoms with Gasteiger partial charge in [0.25, 0.3) is 0 Å². The minimum absolute atomic E-state index is 0.120. The average Bonchev–Trinajstić information content (AvgIpc) is 3.71. The summed E-state index contributed by atoms with van der Waals surface area (Å²) in [5.41, 5.74) is 0. The molecular formula is C28H42FeO2. The molecule has 174 valence electrons. The van der Waals surface area contributed by atoms with Crippen molar-refractivity contribution in [3.63, 3.8) is 0 Å². The molecule has 0 aromatic carbocycles. The van der Waals surface area contributed by atoms with Gasteiger partial charge < -0.3 is 0 Å². The third-order valence-corrected chi connectivity index (χ3v) is 62.0. The first kappa shape index (κ1) is 17.3. The van der Waals surface area contributed by atoms with Gasteiger partial charge in [0.1, 0.15) is 0 Å². The van der Waals surface area contributed by atoms with Crippen LogP contribution in [0.25, 0.3) is 0 Å². The van der Waals surface area contributed by atoms with Crippen LogP contribution in [0.15, 0.2) is 0 Å². The number of fused-ring (bicyclic) bond motifs is 10. The Morgan fingerprint density at radius 1 is 0.548 bits per heavy atom. The molecule has 4 atom stereocenters. The zero-order chi connectivity index (χ0) is 21.0. The number of rotatable bonds is 16. The summed E-state index contributed by atoms with van der Waals surface area (Å²) in [6.45, 7) is 0.677. The first-order valence-corrected chi connectivity index (χ1v) is 20.4. The summed E-state index contributed by atoms with van der Waals surface area (Å²) in [6.07, 6.45) is 17.0. The molecule has 0 aromatic heterocycles. The van der Waals surface area contributed by atoms with Crippen LogP contribution >= 0.6 is 0 Å². The Morgan fingerprint density at radius 2 is 0.903 bits per heavy atom. The van der Waals surface area contributed by atoms with Gasteiger partial charge in [-0.3, -0.25) is 0 Å². The van der Waals surface area contributed by atoms with E-state index in [0.29, 0.717) is 11.6 Å². The SMILES string of the molecule is CCCCCCCCC(=O)[C]12[CH]3[CH]4[CH]5[C]1(C(=O)CCCCCCCC)[Fe]43521678[CH]2[CH]1[CH]6[CH]7[CH]28. The average molecular weight is 466 g/mol. The van der Waals surface area contributed by atoms with Crippen molar-refractivity contribution < 1.29 is 16.1 Å². The molecular weight excluding hydrogens is 424 g/mol. The van der Waals surface area contributed by atoms with Crippen LogP contribution in [0.4, 0.5) is 0 Å². The van der Waals surface area contributed by atoms with E-state index in [0.717, 1.165) is 64.2 Å². The van der Waals surface area contributed by atoms with E-state index in [-0.39, 0.29) is 8.63 Å². The fourth-order valence-corrected chi connectivity index (χ4v) is 96.6. The van der Waals surface area contributed by atoms with E-state index in [9.17, 15) is 9.59 Å². The fourth-order valence-electron chi connectivity index (χ4n) is 20.6. The van der Waals surface area contributed by atoms with Crippen LogP contribution in [-0.4, -0.2) is 11.6 Å². The van der Waals surface area contributed by atoms with E-state index in [1.54, 1.807) is 0 Å². The standard InChI is InChI=1S/C23H37O2.C5H5.Fe/c1-3-5-7-9-11-13-18-22(24)20-16-15-17-21(20)23(25)19-14-12-10-8-6-4-2;1-2-4-5-3-1;/h15-17H,3-14,18-19H2,1-2H3;1-5H;. The van der Waals surface area contributed by atoms with Gasteiger partial charge in [0.2, 0.25) is 0 Å². The van der Waals surface area contributed by atoms with E-state index < -0.39 is 6.51 Å². The van der Waals surface area contributed by atoms with Crippen molar-refractivity contribution in [1.29, 1.82) is 0 Å². The Morgan fingerprint density at radius 3 is 1.23 bits per heavy atom. The van der Waals surface area contributed by atoms with Crippen molar-refractivity contribution in [1.82, 2.24) is 0 Å². The van der Waals surface area contributed by atoms with Gasteiger partial charge in [-0.15, -0.1) is 0 Å². The van der Waals surface area contributed by atoms with E-state index in [2.05, 4.69) is 13.8 Å². The van der Waals surface area contributed by atoms with E-state index >= 15 is 0 Å². The molecule has 2 nitrogen and oxygen atoms in total. The molecule has 10 fully saturated rings. The first-order valence-electron chi connectivity index (χ1n) is 14.2. The second-order valence-corrected chi connectivity index (χ2v) is 38.8. The topological polar surface area (TPSA) is 34.1 Å². The molecule has 0 N–H and O–H groups in total. The van der Waals surface area contributed by atoms with Gasteiger partial charge in [0, 0.05) is 0 Å². The maximum absolute atomic E-state index is 14.1. The molecule has 10 heterocycles. The van der Waals surface area contributed by atoms with Gasteiger partial charge in [-0.05, 0) is 0 Å². The van der Waals surface area contributed by atoms with Crippen molar-refractivity contribution in [3.8, 4) is 0 Å². The molecule has 10 saturated heterocycles. The van der Waals surface area contributed by atoms with Crippen molar-refractivity contribution in [3.05, 3.63) is 0 Å². The van der Waals surface area contributed by atoms with E-state index in [1.165, 1.54) is 64.2 Å². The Kier molecular flexibility index (Phi) is 1.37. The molecule has 0 bridgehead atoms. The zero-order valence-corrected chi connectivity index (χ0v) is 20.8. The molecule has 10 aliphatic rings. The summed E-state index contributed by atoms with van der Waals surface area (Å²) in [6, 6.07) is 0. The number of carbonyl (C=O) groups is 2. The van der Waals surface area contributed by atoms with Gasteiger partial charge in [0.15, 0.2) is 0 Å². The fraction of sp³-hybridized carbons (Fsp3) is 0.929. The van der Waals surface area contributed by atoms with Crippen molar-refractivity contribution in [2.75, 3.05) is 0 Å². The van der Waals surface area contributed by atoms with Crippen LogP contribution in [-0.2, 0) is 16.1 Å². The Hall–Kier alpha value is -0.141. The van der Waals surface area contributed by atoms with Gasteiger partial charge in [0.05, 0.1) is 0 Å². The molecule has 0 amide bonds. The summed E-state index contributed by atoms with van der Waals surface area (Å²) < 4.78 is 0.240. The second kappa shape index (κ2) is 2.44. The van der Waals surface area contributed by atoms with Crippen LogP contribution in [0, 0.1) is 0 Å². The Bertz CT molecular complexity index is 1210. The molecule has 0 radical (unpaired) electrons. The molecule has 1 spiro atoms. The monoisotopic (exact) mass is 466 g/mol. The van der Waals surface area contributed by atoms with Gasteiger partial charge in [-0.25, -0.2) is 0 Å². The molecule has 3 heteroatoms. The summed E-state index contributed by atoms with van der Waals surface area (Å²) in [5, 5.41) is 0. The quantitative estimate of drug-likeness (QED) is 0.168. The van der Waals surface area contributed by atoms with Crippen LogP contribution in [0.3, 0.4) is 0 Å². The van der Waals surface area contributed by atoms with Crippen LogP contribution < -0.4 is 0 Å². The molecule has 10 rings (SSSR count). The van der Waals surface area contributed by atoms with Crippen LogP contribution in [0.1, 0.15) is 104 Å². The number of unbranched alkanes of at least 4 members (excludes halogenated alkanes) is 10. The van der Waals surface area contributed by atoms with E-state index in [4.69, 9.17) is 0 Å². The number of hydrogen-bond donors (Lipinski definition) is 0. The van der Waals surface area contributed by atoms with Crippen LogP contribution in [0.5, 0.6) is 0 Å². The van der Waals surface area contributed by atoms with E-state index in [1.807, 2.05) is 0 Å².